The van der Waals surface area contributed by atoms with Crippen molar-refractivity contribution < 1.29 is 27.7 Å². The number of hydrogen-bond acceptors (Lipinski definition) is 8. The van der Waals surface area contributed by atoms with Crippen LogP contribution in [0.2, 0.25) is 0 Å². The van der Waals surface area contributed by atoms with E-state index in [9.17, 15) is 8.78 Å². The SMILES string of the molecule is C1COCCN1.COc1cccc(OC)c1-c1ccccc1P(C1CCCCC1)C1CCCCC1.Fc1ncccc1I.Fc1ncccc1N1CCOCC1. The van der Waals surface area contributed by atoms with Gasteiger partial charge in [-0.1, -0.05) is 76.8 Å². The molecule has 0 spiro atoms. The number of ether oxygens (including phenoxy) is 4. The third kappa shape index (κ3) is 13.3. The number of methoxy groups -OCH3 is 2. The molecule has 2 aliphatic heterocycles. The van der Waals surface area contributed by atoms with Crippen LogP contribution in [-0.2, 0) is 9.47 Å². The number of rotatable bonds is 7. The third-order valence-corrected chi connectivity index (χ3v) is 14.8. The molecule has 56 heavy (non-hydrogen) atoms. The van der Waals surface area contributed by atoms with Gasteiger partial charge in [0.05, 0.1) is 55.5 Å². The first kappa shape index (κ1) is 44.1. The molecule has 2 aliphatic carbocycles. The maximum Gasteiger partial charge on any atom is 0.236 e. The van der Waals surface area contributed by atoms with Gasteiger partial charge in [-0.05, 0) is 107 Å². The summed E-state index contributed by atoms with van der Waals surface area (Å²) in [7, 11) is 3.36. The average Bonchev–Trinajstić information content (AvgIpc) is 3.27. The quantitative estimate of drug-likeness (QED) is 0.112. The zero-order chi connectivity index (χ0) is 39.4. The summed E-state index contributed by atoms with van der Waals surface area (Å²) in [6.45, 7) is 6.63. The lowest BCUT2D eigenvalue weighted by Gasteiger charge is -2.39. The number of benzene rings is 2. The minimum atomic E-state index is -0.399. The van der Waals surface area contributed by atoms with Gasteiger partial charge in [0, 0.05) is 38.6 Å². The van der Waals surface area contributed by atoms with E-state index in [4.69, 9.17) is 18.9 Å². The van der Waals surface area contributed by atoms with E-state index < -0.39 is 11.9 Å². The molecule has 0 amide bonds. The Morgan fingerprint density at radius 1 is 0.679 bits per heavy atom. The summed E-state index contributed by atoms with van der Waals surface area (Å²) < 4.78 is 47.7. The molecule has 4 aromatic rings. The summed E-state index contributed by atoms with van der Waals surface area (Å²) in [5.74, 6) is 1.04. The van der Waals surface area contributed by atoms with Crippen LogP contribution in [0, 0.1) is 15.5 Å². The fraction of sp³-hybridized carbons (Fsp3) is 0.500. The second-order valence-electron chi connectivity index (χ2n) is 14.1. The molecule has 8 rings (SSSR count). The number of hydrogen-bond donors (Lipinski definition) is 1. The van der Waals surface area contributed by atoms with Gasteiger partial charge in [-0.3, -0.25) is 0 Å². The number of anilines is 1. The molecule has 12 heteroatoms. The Hall–Kier alpha value is -2.96. The van der Waals surface area contributed by atoms with Crippen molar-refractivity contribution in [3.8, 4) is 22.6 Å². The number of nitrogens with one attached hydrogen (secondary N) is 1. The summed E-state index contributed by atoms with van der Waals surface area (Å²) in [6.07, 6.45) is 17.0. The molecule has 0 atom stereocenters. The summed E-state index contributed by atoms with van der Waals surface area (Å²) in [5, 5.41) is 4.75. The lowest BCUT2D eigenvalue weighted by Crippen LogP contribution is -2.36. The van der Waals surface area contributed by atoms with Crippen molar-refractivity contribution in [2.24, 2.45) is 0 Å². The van der Waals surface area contributed by atoms with E-state index >= 15 is 0 Å². The molecule has 0 unspecified atom stereocenters. The molecule has 2 aromatic heterocycles. The van der Waals surface area contributed by atoms with Crippen molar-refractivity contribution >= 4 is 41.5 Å². The second kappa shape index (κ2) is 24.7. The summed E-state index contributed by atoms with van der Waals surface area (Å²) in [5.41, 5.74) is 4.80. The molecule has 0 bridgehead atoms. The fourth-order valence-corrected chi connectivity index (χ4v) is 12.0. The van der Waals surface area contributed by atoms with Crippen LogP contribution >= 0.6 is 30.5 Å². The van der Waals surface area contributed by atoms with E-state index in [0.717, 1.165) is 67.8 Å². The number of halogens is 3. The highest BCUT2D eigenvalue weighted by molar-refractivity contribution is 14.1. The Kier molecular flexibility index (Phi) is 19.5. The van der Waals surface area contributed by atoms with Gasteiger partial charge in [-0.15, -0.1) is 0 Å². The van der Waals surface area contributed by atoms with Crippen molar-refractivity contribution in [2.45, 2.75) is 75.5 Å². The van der Waals surface area contributed by atoms with Crippen LogP contribution in [-0.4, -0.2) is 88.1 Å². The minimum Gasteiger partial charge on any atom is -0.496 e. The van der Waals surface area contributed by atoms with Crippen LogP contribution in [0.25, 0.3) is 11.1 Å². The predicted octanol–water partition coefficient (Wildman–Crippen LogP) is 9.63. The van der Waals surface area contributed by atoms with Crippen molar-refractivity contribution in [1.82, 2.24) is 15.3 Å². The lowest BCUT2D eigenvalue weighted by atomic mass is 9.99. The van der Waals surface area contributed by atoms with Gasteiger partial charge in [0.1, 0.15) is 11.5 Å². The molecule has 0 radical (unpaired) electrons. The number of pyridine rings is 2. The van der Waals surface area contributed by atoms with Crippen LogP contribution in [0.15, 0.2) is 79.1 Å². The molecule has 304 valence electrons. The van der Waals surface area contributed by atoms with Gasteiger partial charge in [0.25, 0.3) is 0 Å². The zero-order valence-electron chi connectivity index (χ0n) is 32.9. The first-order valence-electron chi connectivity index (χ1n) is 20.1. The van der Waals surface area contributed by atoms with Crippen LogP contribution in [0.5, 0.6) is 11.5 Å². The molecule has 4 heterocycles. The first-order valence-corrected chi connectivity index (χ1v) is 22.6. The molecule has 4 aliphatic rings. The van der Waals surface area contributed by atoms with E-state index in [2.05, 4.69) is 51.7 Å². The standard InChI is InChI=1S/C26H35O2P.C9H11FN2O.C5H3FIN.C4H9NO/c1-27-23-17-11-18-24(28-2)26(23)22-16-9-10-19-25(22)29(20-12-5-3-6-13-20)21-14-7-4-8-15-21;10-9-8(2-1-3-11-9)12-4-6-13-7-5-12;6-5-4(7)2-1-3-8-5;1-3-6-4-2-5-1/h9-11,16-21H,3-8,12-15H2,1-2H3;1-3H,4-7H2;1-3H;5H,1-4H2. The minimum absolute atomic E-state index is 0.182. The number of morpholine rings is 2. The Balaban J connectivity index is 0.000000180. The topological polar surface area (TPSA) is 78.0 Å². The van der Waals surface area contributed by atoms with Gasteiger partial charge in [-0.25, -0.2) is 9.97 Å². The van der Waals surface area contributed by atoms with E-state index in [1.54, 1.807) is 43.8 Å². The van der Waals surface area contributed by atoms with Crippen LogP contribution in [0.4, 0.5) is 14.5 Å². The molecule has 8 nitrogen and oxygen atoms in total. The summed E-state index contributed by atoms with van der Waals surface area (Å²) in [6, 6.07) is 22.2. The Labute approximate surface area is 347 Å². The molecule has 2 aromatic carbocycles. The average molecular weight is 903 g/mol. The molecular formula is C44H58F2IN4O4P. The lowest BCUT2D eigenvalue weighted by molar-refractivity contribution is 0.109. The van der Waals surface area contributed by atoms with E-state index in [1.165, 1.54) is 82.2 Å². The van der Waals surface area contributed by atoms with Gasteiger partial charge < -0.3 is 29.2 Å². The van der Waals surface area contributed by atoms with Crippen LogP contribution < -0.4 is 25.0 Å². The zero-order valence-corrected chi connectivity index (χ0v) is 36.0. The summed E-state index contributed by atoms with van der Waals surface area (Å²) >= 11 is 1.89. The van der Waals surface area contributed by atoms with Gasteiger partial charge in [0.2, 0.25) is 11.9 Å². The van der Waals surface area contributed by atoms with Crippen molar-refractivity contribution in [3.05, 3.63) is 94.6 Å². The highest BCUT2D eigenvalue weighted by atomic mass is 127. The molecule has 4 fully saturated rings. The normalized spacial score (nSPS) is 17.6. The molecule has 2 saturated heterocycles. The second-order valence-corrected chi connectivity index (χ2v) is 18.0. The largest absolute Gasteiger partial charge is 0.496 e. The number of aromatic nitrogens is 2. The fourth-order valence-electron chi connectivity index (χ4n) is 7.74. The maximum absolute atomic E-state index is 13.2. The highest BCUT2D eigenvalue weighted by Crippen LogP contribution is 2.57. The van der Waals surface area contributed by atoms with Crippen molar-refractivity contribution in [1.29, 1.82) is 0 Å². The van der Waals surface area contributed by atoms with Crippen LogP contribution in [0.3, 0.4) is 0 Å². The molecule has 2 saturated carbocycles. The monoisotopic (exact) mass is 902 g/mol. The van der Waals surface area contributed by atoms with Crippen LogP contribution in [0.1, 0.15) is 64.2 Å². The van der Waals surface area contributed by atoms with Gasteiger partial charge in [0.15, 0.2) is 0 Å². The molecular weight excluding hydrogens is 844 g/mol. The highest BCUT2D eigenvalue weighted by Gasteiger charge is 2.34. The third-order valence-electron chi connectivity index (χ3n) is 10.5. The smallest absolute Gasteiger partial charge is 0.236 e. The summed E-state index contributed by atoms with van der Waals surface area (Å²) in [4.78, 5) is 8.96. The molecule has 1 N–H and O–H groups in total. The van der Waals surface area contributed by atoms with Crippen molar-refractivity contribution in [2.75, 3.05) is 71.7 Å². The van der Waals surface area contributed by atoms with E-state index in [1.807, 2.05) is 33.6 Å². The Morgan fingerprint density at radius 3 is 1.71 bits per heavy atom. The number of nitrogens with zero attached hydrogens (tertiary/aromatic N) is 3. The Morgan fingerprint density at radius 2 is 1.23 bits per heavy atom. The maximum atomic E-state index is 13.2. The Bertz CT molecular complexity index is 1650. The van der Waals surface area contributed by atoms with Gasteiger partial charge >= 0.3 is 0 Å². The first-order chi connectivity index (χ1) is 27.5. The van der Waals surface area contributed by atoms with E-state index in [0.29, 0.717) is 22.5 Å². The van der Waals surface area contributed by atoms with Crippen molar-refractivity contribution in [3.63, 3.8) is 0 Å². The van der Waals surface area contributed by atoms with E-state index in [-0.39, 0.29) is 7.92 Å². The predicted molar refractivity (Wildman–Crippen MR) is 233 cm³/mol. The van der Waals surface area contributed by atoms with Gasteiger partial charge in [-0.2, -0.15) is 8.78 Å².